The molecule has 3 heterocycles. The minimum atomic E-state index is -2.18. The number of hydrogen-bond acceptors (Lipinski definition) is 16. The number of ether oxygens (including phenoxy) is 4. The zero-order chi connectivity index (χ0) is 47.6. The highest BCUT2D eigenvalue weighted by Gasteiger charge is 2.50. The molecule has 17 heteroatoms. The maximum atomic E-state index is 12.6. The molecule has 2 saturated heterocycles. The standard InChI is InChI=1S/C47H73NO16/c1-28-18-15-13-11-9-7-5-6-8-10-12-14-16-21-36(63-46-44(57)41(48)43(56)31(4)62-46)25-38-40(45(58)59)37(53)27-47(60,64-38)26-33(50)20-17-19-32(49)22-34(51)23-35(52)24-39(54)61-30(3)29(2)42(28)55/h5-16,18,21,28-38,40-44,46,49-53,55-57,60H,17,19-20,22-27,48H2,1-4H3,(H,58,59)/t28-,29-,30-,31?,32+,33-,34+,35+,36-,37-,38?,40+,41?,42+,43?,44?,46?,47+/m0/s1. The first kappa shape index (κ1) is 54.9. The molecule has 0 aromatic heterocycles. The van der Waals surface area contributed by atoms with Crippen molar-refractivity contribution < 1.29 is 79.6 Å². The topological polar surface area (TPSA) is 299 Å². The lowest BCUT2D eigenvalue weighted by molar-refractivity contribution is -0.308. The van der Waals surface area contributed by atoms with Gasteiger partial charge in [-0.15, -0.1) is 0 Å². The van der Waals surface area contributed by atoms with E-state index in [0.29, 0.717) is 0 Å². The number of fused-ring (bicyclic) bond motifs is 2. The summed E-state index contributed by atoms with van der Waals surface area (Å²) < 4.78 is 23.2. The number of esters is 1. The number of rotatable bonds is 3. The summed E-state index contributed by atoms with van der Waals surface area (Å²) in [6.45, 7) is 6.81. The SMILES string of the molecule is CC1OC(O[C@H]2C=CC=CC=CC=CC=CC=CC=C[C@H](C)[C@@H](O)[C@@H](C)[C@H](C)OC(=O)C[C@H](O)C[C@H](O)C[C@H](O)CCC[C@H](O)C[C@]3(O)C[C@H](O)[C@@H](C(=O)O)C(C2)O3)C(O)C(N)C1O. The van der Waals surface area contributed by atoms with Crippen molar-refractivity contribution in [3.05, 3.63) is 85.1 Å². The highest BCUT2D eigenvalue weighted by atomic mass is 16.7. The van der Waals surface area contributed by atoms with E-state index < -0.39 is 134 Å². The first-order chi connectivity index (χ1) is 30.2. The number of carboxylic acids is 1. The van der Waals surface area contributed by atoms with Crippen LogP contribution < -0.4 is 5.73 Å². The maximum Gasteiger partial charge on any atom is 0.311 e. The van der Waals surface area contributed by atoms with Gasteiger partial charge in [0.25, 0.3) is 0 Å². The van der Waals surface area contributed by atoms with Gasteiger partial charge < -0.3 is 75.7 Å². The van der Waals surface area contributed by atoms with Crippen LogP contribution in [-0.2, 0) is 28.5 Å². The second-order valence-corrected chi connectivity index (χ2v) is 17.4. The van der Waals surface area contributed by atoms with E-state index in [9.17, 15) is 60.7 Å². The van der Waals surface area contributed by atoms with E-state index in [4.69, 9.17) is 24.7 Å². The predicted octanol–water partition coefficient (Wildman–Crippen LogP) is 1.74. The van der Waals surface area contributed by atoms with Crippen molar-refractivity contribution >= 4 is 11.9 Å². The number of carboxylic acid groups (broad SMARTS) is 1. The maximum absolute atomic E-state index is 12.6. The molecule has 0 saturated carbocycles. The Labute approximate surface area is 376 Å². The van der Waals surface area contributed by atoms with Crippen LogP contribution in [-0.4, -0.2) is 154 Å². The first-order valence-electron chi connectivity index (χ1n) is 22.2. The number of cyclic esters (lactones) is 1. The van der Waals surface area contributed by atoms with Gasteiger partial charge in [-0.1, -0.05) is 98.9 Å². The summed E-state index contributed by atoms with van der Waals surface area (Å²) in [4.78, 5) is 25.1. The molecule has 2 fully saturated rings. The highest BCUT2D eigenvalue weighted by molar-refractivity contribution is 5.71. The molecule has 3 aliphatic rings. The average molecular weight is 908 g/mol. The lowest BCUT2D eigenvalue weighted by Gasteiger charge is -2.45. The fraction of sp³-hybridized carbons (Fsp3) is 0.660. The number of nitrogens with two attached hydrogens (primary N) is 1. The van der Waals surface area contributed by atoms with Crippen LogP contribution in [0.3, 0.4) is 0 Å². The predicted molar refractivity (Wildman–Crippen MR) is 236 cm³/mol. The molecule has 0 spiro atoms. The van der Waals surface area contributed by atoms with Crippen LogP contribution in [0.2, 0.25) is 0 Å². The quantitative estimate of drug-likeness (QED) is 0.180. The van der Waals surface area contributed by atoms with Crippen molar-refractivity contribution in [1.82, 2.24) is 0 Å². The molecule has 362 valence electrons. The Balaban J connectivity index is 1.83. The van der Waals surface area contributed by atoms with Crippen molar-refractivity contribution in [2.75, 3.05) is 0 Å². The molecule has 64 heavy (non-hydrogen) atoms. The summed E-state index contributed by atoms with van der Waals surface area (Å²) in [6.07, 6.45) is 7.94. The number of aliphatic hydroxyl groups excluding tert-OH is 8. The molecule has 0 aliphatic carbocycles. The van der Waals surface area contributed by atoms with E-state index in [-0.39, 0.29) is 44.4 Å². The van der Waals surface area contributed by atoms with Gasteiger partial charge in [0.2, 0.25) is 0 Å². The van der Waals surface area contributed by atoms with E-state index in [0.717, 1.165) is 0 Å². The molecule has 2 bridgehead atoms. The molecule has 0 aromatic rings. The van der Waals surface area contributed by atoms with Crippen LogP contribution in [0.4, 0.5) is 0 Å². The molecule has 0 amide bonds. The molecule has 3 aliphatic heterocycles. The average Bonchev–Trinajstić information content (AvgIpc) is 3.20. The molecule has 12 N–H and O–H groups in total. The normalized spacial score (nSPS) is 41.3. The molecule has 0 aromatic carbocycles. The van der Waals surface area contributed by atoms with Crippen LogP contribution in [0.5, 0.6) is 0 Å². The Bertz CT molecular complexity index is 1630. The van der Waals surface area contributed by atoms with Gasteiger partial charge in [0.15, 0.2) is 12.1 Å². The van der Waals surface area contributed by atoms with Crippen molar-refractivity contribution in [2.24, 2.45) is 23.5 Å². The minimum Gasteiger partial charge on any atom is -0.481 e. The number of carbonyl (C=O) groups excluding carboxylic acids is 1. The summed E-state index contributed by atoms with van der Waals surface area (Å²) in [5.41, 5.74) is 6.03. The summed E-state index contributed by atoms with van der Waals surface area (Å²) in [6, 6.07) is -1.12. The van der Waals surface area contributed by atoms with Crippen molar-refractivity contribution in [3.63, 3.8) is 0 Å². The Morgan fingerprint density at radius 2 is 1.23 bits per heavy atom. The van der Waals surface area contributed by atoms with E-state index >= 15 is 0 Å². The van der Waals surface area contributed by atoms with Crippen molar-refractivity contribution in [1.29, 1.82) is 0 Å². The summed E-state index contributed by atoms with van der Waals surface area (Å²) in [5, 5.41) is 107. The van der Waals surface area contributed by atoms with E-state index in [1.54, 1.807) is 69.4 Å². The van der Waals surface area contributed by atoms with Gasteiger partial charge in [-0.05, 0) is 46.0 Å². The first-order valence-corrected chi connectivity index (χ1v) is 22.2. The number of hydrogen-bond donors (Lipinski definition) is 11. The van der Waals surface area contributed by atoms with E-state index in [2.05, 4.69) is 0 Å². The van der Waals surface area contributed by atoms with Crippen LogP contribution in [0.15, 0.2) is 85.1 Å². The van der Waals surface area contributed by atoms with Crippen molar-refractivity contribution in [3.8, 4) is 0 Å². The van der Waals surface area contributed by atoms with Gasteiger partial charge in [0.05, 0.1) is 73.5 Å². The van der Waals surface area contributed by atoms with Gasteiger partial charge in [-0.2, -0.15) is 0 Å². The molecule has 3 rings (SSSR count). The van der Waals surface area contributed by atoms with Gasteiger partial charge in [0.1, 0.15) is 18.1 Å². The zero-order valence-corrected chi connectivity index (χ0v) is 37.3. The third kappa shape index (κ3) is 18.5. The summed E-state index contributed by atoms with van der Waals surface area (Å²) in [5.74, 6) is -6.51. The van der Waals surface area contributed by atoms with Crippen LogP contribution >= 0.6 is 0 Å². The van der Waals surface area contributed by atoms with E-state index in [1.807, 2.05) is 43.4 Å². The second kappa shape index (κ2) is 27.3. The fourth-order valence-electron chi connectivity index (χ4n) is 8.00. The largest absolute Gasteiger partial charge is 0.481 e. The molecule has 18 atom stereocenters. The van der Waals surface area contributed by atoms with Gasteiger partial charge in [-0.3, -0.25) is 9.59 Å². The third-order valence-electron chi connectivity index (χ3n) is 11.9. The minimum absolute atomic E-state index is 0.0524. The van der Waals surface area contributed by atoms with Crippen LogP contribution in [0.25, 0.3) is 0 Å². The lowest BCUT2D eigenvalue weighted by atomic mass is 9.83. The van der Waals surface area contributed by atoms with Gasteiger partial charge in [-0.25, -0.2) is 0 Å². The Kier molecular flexibility index (Phi) is 23.4. The molecular formula is C47H73NO16. The molecule has 0 radical (unpaired) electrons. The van der Waals surface area contributed by atoms with Crippen LogP contribution in [0.1, 0.15) is 85.5 Å². The van der Waals surface area contributed by atoms with Crippen LogP contribution in [0, 0.1) is 17.8 Å². The van der Waals surface area contributed by atoms with Gasteiger partial charge in [0, 0.05) is 31.1 Å². The number of aliphatic hydroxyl groups is 9. The number of aliphatic carboxylic acids is 1. The van der Waals surface area contributed by atoms with Crippen molar-refractivity contribution in [2.45, 2.75) is 177 Å². The second-order valence-electron chi connectivity index (χ2n) is 17.4. The summed E-state index contributed by atoms with van der Waals surface area (Å²) in [7, 11) is 0. The zero-order valence-electron chi connectivity index (χ0n) is 37.3. The highest BCUT2D eigenvalue weighted by Crippen LogP contribution is 2.38. The Hall–Kier alpha value is -3.40. The lowest BCUT2D eigenvalue weighted by Crippen LogP contribution is -2.61. The van der Waals surface area contributed by atoms with Gasteiger partial charge >= 0.3 is 11.9 Å². The Morgan fingerprint density at radius 1 is 0.688 bits per heavy atom. The fourth-order valence-corrected chi connectivity index (χ4v) is 8.00. The molecule has 17 nitrogen and oxygen atoms in total. The van der Waals surface area contributed by atoms with E-state index in [1.165, 1.54) is 0 Å². The molecule has 6 unspecified atom stereocenters. The third-order valence-corrected chi connectivity index (χ3v) is 11.9. The number of allylic oxidation sites excluding steroid dienone is 12. The summed E-state index contributed by atoms with van der Waals surface area (Å²) >= 11 is 0. The smallest absolute Gasteiger partial charge is 0.311 e. The molecular weight excluding hydrogens is 835 g/mol. The number of carbonyl (C=O) groups is 2. The Morgan fingerprint density at radius 3 is 1.83 bits per heavy atom. The monoisotopic (exact) mass is 907 g/mol.